The molecule has 8 rings (SSSR count). The van der Waals surface area contributed by atoms with E-state index in [9.17, 15) is 35.4 Å². The Bertz CT molecular complexity index is 1520. The second-order valence-corrected chi connectivity index (χ2v) is 12.4. The number of hydrogen-bond acceptors (Lipinski definition) is 16. The van der Waals surface area contributed by atoms with E-state index >= 15 is 0 Å². The van der Waals surface area contributed by atoms with E-state index in [4.69, 9.17) is 42.6 Å². The quantitative estimate of drug-likeness (QED) is 0.192. The van der Waals surface area contributed by atoms with Crippen LogP contribution in [0.2, 0.25) is 0 Å². The number of fused-ring (bicyclic) bond motifs is 4. The van der Waals surface area contributed by atoms with Crippen molar-refractivity contribution in [3.05, 3.63) is 47.0 Å². The average Bonchev–Trinajstić information content (AvgIpc) is 3.83. The van der Waals surface area contributed by atoms with Crippen LogP contribution in [0, 0.1) is 11.8 Å². The first-order valence-corrected chi connectivity index (χ1v) is 15.3. The second-order valence-electron chi connectivity index (χ2n) is 12.4. The van der Waals surface area contributed by atoms with E-state index in [0.717, 1.165) is 5.56 Å². The first-order chi connectivity index (χ1) is 22.7. The minimum Gasteiger partial charge on any atom is -0.465 e. The van der Waals surface area contributed by atoms with E-state index in [-0.39, 0.29) is 26.8 Å². The Hall–Kier alpha value is -3.29. The van der Waals surface area contributed by atoms with E-state index in [1.807, 2.05) is 12.1 Å². The molecule has 3 saturated heterocycles. The van der Waals surface area contributed by atoms with Crippen molar-refractivity contribution < 1.29 is 78.1 Å². The lowest BCUT2D eigenvalue weighted by Crippen LogP contribution is -2.60. The molecular formula is C31H34O16. The Morgan fingerprint density at radius 3 is 2.15 bits per heavy atom. The predicted molar refractivity (Wildman–Crippen MR) is 149 cm³/mol. The highest BCUT2D eigenvalue weighted by molar-refractivity contribution is 5.78. The van der Waals surface area contributed by atoms with Crippen molar-refractivity contribution in [1.29, 1.82) is 0 Å². The monoisotopic (exact) mass is 662 g/mol. The van der Waals surface area contributed by atoms with Gasteiger partial charge in [-0.2, -0.15) is 0 Å². The minimum atomic E-state index is -1.73. The summed E-state index contributed by atoms with van der Waals surface area (Å²) < 4.78 is 51.2. The second kappa shape index (κ2) is 12.0. The third-order valence-electron chi connectivity index (χ3n) is 9.70. The van der Waals surface area contributed by atoms with Crippen LogP contribution in [0.25, 0.3) is 0 Å². The predicted octanol–water partition coefficient (Wildman–Crippen LogP) is -1.60. The number of carbonyl (C=O) groups is 1. The molecule has 5 heterocycles. The summed E-state index contributed by atoms with van der Waals surface area (Å²) in [6.07, 6.45) is -14.6. The maximum Gasteiger partial charge on any atom is 0.310 e. The Labute approximate surface area is 266 Å². The van der Waals surface area contributed by atoms with Gasteiger partial charge in [-0.25, -0.2) is 0 Å². The smallest absolute Gasteiger partial charge is 0.310 e. The van der Waals surface area contributed by atoms with Gasteiger partial charge < -0.3 is 73.3 Å². The van der Waals surface area contributed by atoms with Crippen LogP contribution in [0.1, 0.15) is 28.7 Å². The Morgan fingerprint density at radius 1 is 0.702 bits per heavy atom. The van der Waals surface area contributed by atoms with Gasteiger partial charge in [-0.1, -0.05) is 6.07 Å². The molecule has 0 amide bonds. The number of esters is 1. The van der Waals surface area contributed by atoms with E-state index in [1.165, 1.54) is 0 Å². The molecule has 2 aromatic carbocycles. The van der Waals surface area contributed by atoms with Gasteiger partial charge in [-0.15, -0.1) is 0 Å². The van der Waals surface area contributed by atoms with E-state index in [0.29, 0.717) is 34.1 Å². The highest BCUT2D eigenvalue weighted by Gasteiger charge is 2.55. The molecule has 0 spiro atoms. The van der Waals surface area contributed by atoms with Gasteiger partial charge in [-0.3, -0.25) is 4.79 Å². The van der Waals surface area contributed by atoms with Gasteiger partial charge in [0, 0.05) is 11.8 Å². The number of hydrogen-bond donors (Lipinski definition) is 6. The van der Waals surface area contributed by atoms with Crippen molar-refractivity contribution >= 4 is 5.97 Å². The SMILES string of the molecule is O=C1OC[C@H]2[C@H]1[C@H](c1ccc3c(c1)OCO3)c1cc3c(cc1[C@H]2O[C@@H]1O[C@H](CO[C@@H]2OC[C@@H](O)[C@H](O)[C@H]2O)[C@@H](O)[C@H](O)[C@H]1O)OCO3. The van der Waals surface area contributed by atoms with Crippen molar-refractivity contribution in [1.82, 2.24) is 0 Å². The highest BCUT2D eigenvalue weighted by atomic mass is 16.7. The zero-order chi connectivity index (χ0) is 32.6. The summed E-state index contributed by atoms with van der Waals surface area (Å²) in [7, 11) is 0. The number of carbonyl (C=O) groups excluding carboxylic acids is 1. The molecule has 3 fully saturated rings. The summed E-state index contributed by atoms with van der Waals surface area (Å²) in [6, 6.07) is 9.01. The molecule has 5 aliphatic heterocycles. The maximum absolute atomic E-state index is 13.4. The number of cyclic esters (lactones) is 1. The van der Waals surface area contributed by atoms with Gasteiger partial charge in [0.15, 0.2) is 35.6 Å². The molecule has 254 valence electrons. The number of aliphatic hydroxyl groups excluding tert-OH is 6. The maximum atomic E-state index is 13.4. The molecule has 16 nitrogen and oxygen atoms in total. The van der Waals surface area contributed by atoms with Crippen LogP contribution in [0.3, 0.4) is 0 Å². The minimum absolute atomic E-state index is 0.00105. The largest absolute Gasteiger partial charge is 0.465 e. The van der Waals surface area contributed by atoms with E-state index in [2.05, 4.69) is 0 Å². The van der Waals surface area contributed by atoms with Crippen molar-refractivity contribution in [2.24, 2.45) is 11.8 Å². The van der Waals surface area contributed by atoms with Crippen molar-refractivity contribution in [3.63, 3.8) is 0 Å². The van der Waals surface area contributed by atoms with Crippen LogP contribution in [0.5, 0.6) is 23.0 Å². The molecule has 1 aliphatic carbocycles. The normalized spacial score (nSPS) is 40.1. The molecule has 16 heteroatoms. The molecule has 13 atom stereocenters. The van der Waals surface area contributed by atoms with Crippen LogP contribution in [-0.2, 0) is 28.5 Å². The summed E-state index contributed by atoms with van der Waals surface area (Å²) in [5.41, 5.74) is 2.08. The highest BCUT2D eigenvalue weighted by Crippen LogP contribution is 2.56. The topological polar surface area (TPSA) is 222 Å². The first kappa shape index (κ1) is 31.0. The van der Waals surface area contributed by atoms with Gasteiger partial charge in [0.1, 0.15) is 42.7 Å². The zero-order valence-corrected chi connectivity index (χ0v) is 24.7. The van der Waals surface area contributed by atoms with Crippen molar-refractivity contribution in [2.45, 2.75) is 67.3 Å². The Kier molecular flexibility index (Phi) is 7.91. The summed E-state index contributed by atoms with van der Waals surface area (Å²) in [6.45, 7) is -0.679. The van der Waals surface area contributed by atoms with Crippen LogP contribution < -0.4 is 18.9 Å². The Balaban J connectivity index is 1.10. The van der Waals surface area contributed by atoms with Gasteiger partial charge in [0.25, 0.3) is 0 Å². The van der Waals surface area contributed by atoms with E-state index in [1.54, 1.807) is 18.2 Å². The molecular weight excluding hydrogens is 628 g/mol. The summed E-state index contributed by atoms with van der Waals surface area (Å²) in [4.78, 5) is 13.4. The summed E-state index contributed by atoms with van der Waals surface area (Å²) >= 11 is 0. The van der Waals surface area contributed by atoms with Crippen molar-refractivity contribution in [3.8, 4) is 23.0 Å². The van der Waals surface area contributed by atoms with E-state index < -0.39 is 91.7 Å². The molecule has 6 N–H and O–H groups in total. The number of benzene rings is 2. The lowest BCUT2D eigenvalue weighted by molar-refractivity contribution is -0.332. The van der Waals surface area contributed by atoms with Crippen LogP contribution in [0.4, 0.5) is 0 Å². The lowest BCUT2D eigenvalue weighted by Gasteiger charge is -2.45. The van der Waals surface area contributed by atoms with Crippen LogP contribution >= 0.6 is 0 Å². The number of aliphatic hydroxyl groups is 6. The molecule has 47 heavy (non-hydrogen) atoms. The molecule has 0 bridgehead atoms. The van der Waals surface area contributed by atoms with Gasteiger partial charge in [0.05, 0.1) is 31.8 Å². The molecule has 0 radical (unpaired) electrons. The standard InChI is InChI=1S/C31H34O16/c32-15-7-40-30(26(36)23(15)33)41-8-20-24(34)25(35)27(37)31(46-20)47-28-13-5-19-18(44-10-45-19)4-12(13)21(22-14(28)6-39-29(22)38)11-1-2-16-17(3-11)43-9-42-16/h1-5,14-15,20-28,30-37H,6-10H2/t14-,15+,20+,21+,22-,23-,24+,25-,26+,27+,28+,30-,31-/m0/s1. The summed E-state index contributed by atoms with van der Waals surface area (Å²) in [5.74, 6) is -0.182. The Morgan fingerprint density at radius 2 is 1.38 bits per heavy atom. The van der Waals surface area contributed by atoms with Gasteiger partial charge in [-0.05, 0) is 41.0 Å². The molecule has 0 aromatic heterocycles. The zero-order valence-electron chi connectivity index (χ0n) is 24.7. The fourth-order valence-electron chi connectivity index (χ4n) is 7.22. The summed E-state index contributed by atoms with van der Waals surface area (Å²) in [5, 5.41) is 62.4. The molecule has 2 aromatic rings. The van der Waals surface area contributed by atoms with Crippen LogP contribution in [0.15, 0.2) is 30.3 Å². The molecule has 0 saturated carbocycles. The number of rotatable bonds is 6. The van der Waals surface area contributed by atoms with Crippen molar-refractivity contribution in [2.75, 3.05) is 33.4 Å². The van der Waals surface area contributed by atoms with Gasteiger partial charge in [0.2, 0.25) is 13.6 Å². The molecule has 6 aliphatic rings. The first-order valence-electron chi connectivity index (χ1n) is 15.3. The third kappa shape index (κ3) is 5.20. The van der Waals surface area contributed by atoms with Gasteiger partial charge >= 0.3 is 5.97 Å². The fourth-order valence-corrected chi connectivity index (χ4v) is 7.22. The third-order valence-corrected chi connectivity index (χ3v) is 9.70. The lowest BCUT2D eigenvalue weighted by atomic mass is 9.66. The fraction of sp³-hybridized carbons (Fsp3) is 0.581. The average molecular weight is 663 g/mol. The molecule has 0 unspecified atom stereocenters. The van der Waals surface area contributed by atoms with Crippen LogP contribution in [-0.4, -0.2) is 125 Å². The number of ether oxygens (including phenoxy) is 9.